The largest absolute Gasteiger partial charge is 0.456 e. The Bertz CT molecular complexity index is 3220. The minimum absolute atomic E-state index is 0.857. The summed E-state index contributed by atoms with van der Waals surface area (Å²) >= 11 is 0. The molecule has 0 aliphatic rings. The van der Waals surface area contributed by atoms with E-state index in [9.17, 15) is 0 Å². The summed E-state index contributed by atoms with van der Waals surface area (Å²) in [5, 5.41) is 6.97. The lowest BCUT2D eigenvalue weighted by Crippen LogP contribution is -2.10. The molecule has 258 valence electrons. The van der Waals surface area contributed by atoms with E-state index in [4.69, 9.17) is 8.83 Å². The first-order valence-electron chi connectivity index (χ1n) is 18.7. The van der Waals surface area contributed by atoms with Crippen LogP contribution in [0, 0.1) is 0 Å². The molecular weight excluding hydrogens is 671 g/mol. The van der Waals surface area contributed by atoms with Gasteiger partial charge in [-0.2, -0.15) is 0 Å². The first-order chi connectivity index (χ1) is 27.2. The van der Waals surface area contributed by atoms with Gasteiger partial charge in [-0.1, -0.05) is 140 Å². The number of nitrogens with zero attached hydrogens (tertiary/aromatic N) is 1. The van der Waals surface area contributed by atoms with Crippen LogP contribution in [0.1, 0.15) is 0 Å². The van der Waals surface area contributed by atoms with Crippen LogP contribution in [0.2, 0.25) is 0 Å². The van der Waals surface area contributed by atoms with Crippen LogP contribution in [0.15, 0.2) is 209 Å². The maximum absolute atomic E-state index is 6.41. The third-order valence-electron chi connectivity index (χ3n) is 10.9. The van der Waals surface area contributed by atoms with Gasteiger partial charge in [0.15, 0.2) is 0 Å². The van der Waals surface area contributed by atoms with E-state index in [0.717, 1.165) is 83.2 Å². The van der Waals surface area contributed by atoms with Crippen LogP contribution < -0.4 is 4.90 Å². The summed E-state index contributed by atoms with van der Waals surface area (Å²) in [7, 11) is 0. The maximum Gasteiger partial charge on any atom is 0.143 e. The Morgan fingerprint density at radius 2 is 0.855 bits per heavy atom. The Hall–Kier alpha value is -7.36. The molecule has 0 aliphatic carbocycles. The van der Waals surface area contributed by atoms with Crippen molar-refractivity contribution >= 4 is 71.7 Å². The number of fused-ring (bicyclic) bond motifs is 7. The van der Waals surface area contributed by atoms with Crippen molar-refractivity contribution in [3.63, 3.8) is 0 Å². The SMILES string of the molecule is c1cc(-c2cccc(N(c3ccc(-c4cccc5c4oc4ccccc45)cc3)c3ccc4c(c3)oc3ccccc34)c2)cc(-c2cccc3ccccc23)c1. The monoisotopic (exact) mass is 703 g/mol. The molecule has 3 heteroatoms. The Balaban J connectivity index is 1.03. The fourth-order valence-electron chi connectivity index (χ4n) is 8.23. The number of anilines is 3. The zero-order valence-electron chi connectivity index (χ0n) is 29.8. The number of furan rings is 2. The van der Waals surface area contributed by atoms with E-state index in [1.165, 1.54) is 21.9 Å². The first-order valence-corrected chi connectivity index (χ1v) is 18.7. The third kappa shape index (κ3) is 5.28. The van der Waals surface area contributed by atoms with E-state index >= 15 is 0 Å². The van der Waals surface area contributed by atoms with Crippen molar-refractivity contribution in [2.75, 3.05) is 4.90 Å². The molecule has 11 aromatic rings. The number of benzene rings is 9. The summed E-state index contributed by atoms with van der Waals surface area (Å²) in [6, 6.07) is 71.0. The maximum atomic E-state index is 6.41. The van der Waals surface area contributed by atoms with Crippen LogP contribution in [0.3, 0.4) is 0 Å². The third-order valence-corrected chi connectivity index (χ3v) is 10.9. The molecule has 0 saturated heterocycles. The number of hydrogen-bond donors (Lipinski definition) is 0. The van der Waals surface area contributed by atoms with Crippen LogP contribution in [0.5, 0.6) is 0 Å². The fourth-order valence-corrected chi connectivity index (χ4v) is 8.23. The molecule has 0 fully saturated rings. The molecule has 0 saturated carbocycles. The second-order valence-electron chi connectivity index (χ2n) is 14.1. The average molecular weight is 704 g/mol. The van der Waals surface area contributed by atoms with Gasteiger partial charge in [-0.05, 0) is 93.2 Å². The predicted molar refractivity (Wildman–Crippen MR) is 229 cm³/mol. The van der Waals surface area contributed by atoms with Crippen LogP contribution >= 0.6 is 0 Å². The second-order valence-corrected chi connectivity index (χ2v) is 14.1. The summed E-state index contributed by atoms with van der Waals surface area (Å²) in [6.07, 6.45) is 0. The molecule has 0 bridgehead atoms. The summed E-state index contributed by atoms with van der Waals surface area (Å²) in [5.74, 6) is 0. The van der Waals surface area contributed by atoms with E-state index in [1.807, 2.05) is 24.3 Å². The Labute approximate surface area is 317 Å². The topological polar surface area (TPSA) is 29.5 Å². The molecule has 0 unspecified atom stereocenters. The molecule has 11 rings (SSSR count). The van der Waals surface area contributed by atoms with Gasteiger partial charge in [0, 0.05) is 50.2 Å². The van der Waals surface area contributed by atoms with Crippen molar-refractivity contribution in [2.24, 2.45) is 0 Å². The molecule has 9 aromatic carbocycles. The molecule has 2 aromatic heterocycles. The van der Waals surface area contributed by atoms with Crippen LogP contribution in [-0.4, -0.2) is 0 Å². The molecule has 0 spiro atoms. The smallest absolute Gasteiger partial charge is 0.143 e. The molecule has 0 N–H and O–H groups in total. The first kappa shape index (κ1) is 31.2. The van der Waals surface area contributed by atoms with Crippen molar-refractivity contribution in [2.45, 2.75) is 0 Å². The lowest BCUT2D eigenvalue weighted by atomic mass is 9.95. The molecule has 55 heavy (non-hydrogen) atoms. The Morgan fingerprint density at radius 1 is 0.291 bits per heavy atom. The summed E-state index contributed by atoms with van der Waals surface area (Å²) in [4.78, 5) is 2.32. The van der Waals surface area contributed by atoms with E-state index < -0.39 is 0 Å². The van der Waals surface area contributed by atoms with Crippen LogP contribution in [0.4, 0.5) is 17.1 Å². The Kier molecular flexibility index (Phi) is 7.17. The highest BCUT2D eigenvalue weighted by Gasteiger charge is 2.18. The molecule has 0 amide bonds. The lowest BCUT2D eigenvalue weighted by molar-refractivity contribution is 0.669. The quantitative estimate of drug-likeness (QED) is 0.173. The zero-order chi connectivity index (χ0) is 36.3. The normalized spacial score (nSPS) is 11.6. The zero-order valence-corrected chi connectivity index (χ0v) is 29.8. The lowest BCUT2D eigenvalue weighted by Gasteiger charge is -2.26. The standard InChI is InChI=1S/C52H33NO2/c1-2-17-42-34(11-1)12-9-20-43(42)38-15-7-13-36(31-38)37-14-8-16-40(32-37)53(41-29-30-47-45-18-3-5-23-49(45)54-51(47)33-41)39-27-25-35(26-28-39)44-21-10-22-48-46-19-4-6-24-50(46)55-52(44)48/h1-33H. The number of hydrogen-bond acceptors (Lipinski definition) is 3. The van der Waals surface area contributed by atoms with Crippen molar-refractivity contribution in [3.05, 3.63) is 200 Å². The summed E-state index contributed by atoms with van der Waals surface area (Å²) < 4.78 is 12.8. The van der Waals surface area contributed by atoms with E-state index in [0.29, 0.717) is 0 Å². The highest BCUT2D eigenvalue weighted by Crippen LogP contribution is 2.42. The van der Waals surface area contributed by atoms with E-state index in [1.54, 1.807) is 0 Å². The Morgan fingerprint density at radius 3 is 1.71 bits per heavy atom. The highest BCUT2D eigenvalue weighted by atomic mass is 16.3. The van der Waals surface area contributed by atoms with Gasteiger partial charge in [-0.15, -0.1) is 0 Å². The van der Waals surface area contributed by atoms with Gasteiger partial charge in [0.1, 0.15) is 22.3 Å². The number of para-hydroxylation sites is 3. The minimum Gasteiger partial charge on any atom is -0.456 e. The van der Waals surface area contributed by atoms with Crippen molar-refractivity contribution < 1.29 is 8.83 Å². The van der Waals surface area contributed by atoms with Gasteiger partial charge in [-0.25, -0.2) is 0 Å². The van der Waals surface area contributed by atoms with Gasteiger partial charge < -0.3 is 13.7 Å². The average Bonchev–Trinajstić information content (AvgIpc) is 3.82. The van der Waals surface area contributed by atoms with Gasteiger partial charge in [0.25, 0.3) is 0 Å². The summed E-state index contributed by atoms with van der Waals surface area (Å²) in [5.41, 5.74) is 13.6. The highest BCUT2D eigenvalue weighted by molar-refractivity contribution is 6.10. The molecule has 3 nitrogen and oxygen atoms in total. The van der Waals surface area contributed by atoms with Crippen molar-refractivity contribution in [1.29, 1.82) is 0 Å². The molecule has 2 heterocycles. The van der Waals surface area contributed by atoms with Crippen molar-refractivity contribution in [1.82, 2.24) is 0 Å². The second kappa shape index (κ2) is 12.6. The minimum atomic E-state index is 0.857. The molecule has 0 atom stereocenters. The molecule has 0 aliphatic heterocycles. The summed E-state index contributed by atoms with van der Waals surface area (Å²) in [6.45, 7) is 0. The van der Waals surface area contributed by atoms with Crippen molar-refractivity contribution in [3.8, 4) is 33.4 Å². The van der Waals surface area contributed by atoms with Gasteiger partial charge in [0.05, 0.1) is 0 Å². The van der Waals surface area contributed by atoms with Crippen LogP contribution in [0.25, 0.3) is 88.0 Å². The van der Waals surface area contributed by atoms with E-state index in [-0.39, 0.29) is 0 Å². The predicted octanol–water partition coefficient (Wildman–Crippen LogP) is 15.1. The molecule has 0 radical (unpaired) electrons. The van der Waals surface area contributed by atoms with Crippen LogP contribution in [-0.2, 0) is 0 Å². The van der Waals surface area contributed by atoms with Gasteiger partial charge in [-0.3, -0.25) is 0 Å². The van der Waals surface area contributed by atoms with Gasteiger partial charge >= 0.3 is 0 Å². The number of rotatable bonds is 6. The van der Waals surface area contributed by atoms with E-state index in [2.05, 4.69) is 181 Å². The molecular formula is C52H33NO2. The fraction of sp³-hybridized carbons (Fsp3) is 0. The van der Waals surface area contributed by atoms with Gasteiger partial charge in [0.2, 0.25) is 0 Å².